The van der Waals surface area contributed by atoms with Crippen LogP contribution < -0.4 is 10.5 Å². The lowest BCUT2D eigenvalue weighted by molar-refractivity contribution is -0.384. The minimum absolute atomic E-state index is 0.0186. The fourth-order valence-corrected chi connectivity index (χ4v) is 1.62. The molecule has 0 atom stereocenters. The monoisotopic (exact) mass is 291 g/mol. The van der Waals surface area contributed by atoms with Crippen molar-refractivity contribution in [2.45, 2.75) is 0 Å². The van der Waals surface area contributed by atoms with Crippen LogP contribution in [-0.4, -0.2) is 16.0 Å². The van der Waals surface area contributed by atoms with E-state index in [1.807, 2.05) is 0 Å². The molecular formula is C13H10FN3O4. The number of nitro groups is 1. The Kier molecular flexibility index (Phi) is 3.98. The first kappa shape index (κ1) is 14.3. The fraction of sp³-hybridized carbons (Fsp3) is 0. The smallest absolute Gasteiger partial charge is 0.270 e. The van der Waals surface area contributed by atoms with E-state index in [0.29, 0.717) is 0 Å². The van der Waals surface area contributed by atoms with Crippen molar-refractivity contribution >= 4 is 11.5 Å². The first-order chi connectivity index (χ1) is 10.0. The number of nitro benzene ring substituents is 1. The van der Waals surface area contributed by atoms with Crippen LogP contribution in [0.1, 0.15) is 5.56 Å². The molecule has 7 nitrogen and oxygen atoms in total. The maximum Gasteiger partial charge on any atom is 0.270 e. The summed E-state index contributed by atoms with van der Waals surface area (Å²) < 4.78 is 18.9. The quantitative estimate of drug-likeness (QED) is 0.296. The van der Waals surface area contributed by atoms with Crippen molar-refractivity contribution in [1.29, 1.82) is 0 Å². The highest BCUT2D eigenvalue weighted by atomic mass is 19.1. The van der Waals surface area contributed by atoms with Gasteiger partial charge in [-0.15, -0.1) is 0 Å². The highest BCUT2D eigenvalue weighted by Gasteiger charge is 2.16. The molecule has 0 saturated carbocycles. The first-order valence-corrected chi connectivity index (χ1v) is 5.71. The van der Waals surface area contributed by atoms with Crippen molar-refractivity contribution < 1.29 is 19.3 Å². The Bertz CT molecular complexity index is 718. The third-order valence-electron chi connectivity index (χ3n) is 2.61. The lowest BCUT2D eigenvalue weighted by Gasteiger charge is -2.10. The second-order valence-corrected chi connectivity index (χ2v) is 3.96. The molecule has 0 amide bonds. The Morgan fingerprint density at radius 1 is 1.29 bits per heavy atom. The van der Waals surface area contributed by atoms with Gasteiger partial charge in [-0.05, 0) is 18.2 Å². The van der Waals surface area contributed by atoms with Gasteiger partial charge in [-0.3, -0.25) is 10.1 Å². The van der Waals surface area contributed by atoms with Gasteiger partial charge in [0, 0.05) is 12.1 Å². The molecule has 3 N–H and O–H groups in total. The van der Waals surface area contributed by atoms with Crippen molar-refractivity contribution in [1.82, 2.24) is 0 Å². The van der Waals surface area contributed by atoms with Crippen LogP contribution in [-0.2, 0) is 0 Å². The number of ether oxygens (including phenoxy) is 1. The van der Waals surface area contributed by atoms with E-state index in [0.717, 1.165) is 6.07 Å². The van der Waals surface area contributed by atoms with Crippen LogP contribution in [0.2, 0.25) is 0 Å². The summed E-state index contributed by atoms with van der Waals surface area (Å²) in [5.74, 6) is -1.05. The zero-order valence-corrected chi connectivity index (χ0v) is 10.6. The molecule has 0 aliphatic heterocycles. The molecular weight excluding hydrogens is 281 g/mol. The second-order valence-electron chi connectivity index (χ2n) is 3.96. The van der Waals surface area contributed by atoms with E-state index in [2.05, 4.69) is 5.16 Å². The lowest BCUT2D eigenvalue weighted by Crippen LogP contribution is -2.14. The summed E-state index contributed by atoms with van der Waals surface area (Å²) in [4.78, 5) is 10.1. The van der Waals surface area contributed by atoms with Gasteiger partial charge in [0.05, 0.1) is 10.5 Å². The van der Waals surface area contributed by atoms with Crippen LogP contribution in [0, 0.1) is 15.9 Å². The molecule has 0 aliphatic rings. The van der Waals surface area contributed by atoms with E-state index in [4.69, 9.17) is 15.7 Å². The van der Waals surface area contributed by atoms with Gasteiger partial charge < -0.3 is 15.7 Å². The predicted octanol–water partition coefficient (Wildman–Crippen LogP) is 2.62. The van der Waals surface area contributed by atoms with E-state index in [1.54, 1.807) is 6.07 Å². The molecule has 0 saturated heterocycles. The Labute approximate surface area is 118 Å². The van der Waals surface area contributed by atoms with Crippen LogP contribution >= 0.6 is 0 Å². The lowest BCUT2D eigenvalue weighted by atomic mass is 10.1. The van der Waals surface area contributed by atoms with Crippen LogP contribution in [0.3, 0.4) is 0 Å². The number of halogens is 1. The zero-order valence-electron chi connectivity index (χ0n) is 10.6. The summed E-state index contributed by atoms with van der Waals surface area (Å²) in [6.07, 6.45) is 0. The van der Waals surface area contributed by atoms with Gasteiger partial charge in [-0.2, -0.15) is 0 Å². The maximum atomic E-state index is 13.6. The largest absolute Gasteiger partial charge is 0.454 e. The molecule has 21 heavy (non-hydrogen) atoms. The van der Waals surface area contributed by atoms with Crippen molar-refractivity contribution in [2.75, 3.05) is 0 Å². The van der Waals surface area contributed by atoms with E-state index in [9.17, 15) is 14.5 Å². The second kappa shape index (κ2) is 5.87. The highest BCUT2D eigenvalue weighted by Crippen LogP contribution is 2.30. The average molecular weight is 291 g/mol. The van der Waals surface area contributed by atoms with E-state index in [1.165, 1.54) is 30.3 Å². The maximum absolute atomic E-state index is 13.6. The number of nitrogens with zero attached hydrogens (tertiary/aromatic N) is 2. The van der Waals surface area contributed by atoms with Gasteiger partial charge in [0.25, 0.3) is 5.69 Å². The number of para-hydroxylation sites is 1. The van der Waals surface area contributed by atoms with E-state index in [-0.39, 0.29) is 28.6 Å². The molecule has 0 bridgehead atoms. The number of benzene rings is 2. The number of rotatable bonds is 4. The zero-order chi connectivity index (χ0) is 15.4. The Balaban J connectivity index is 2.48. The normalized spacial score (nSPS) is 11.2. The molecule has 0 radical (unpaired) electrons. The summed E-state index contributed by atoms with van der Waals surface area (Å²) in [5.41, 5.74) is 5.17. The van der Waals surface area contributed by atoms with Gasteiger partial charge >= 0.3 is 0 Å². The number of oxime groups is 1. The van der Waals surface area contributed by atoms with Gasteiger partial charge in [0.2, 0.25) is 0 Å². The van der Waals surface area contributed by atoms with Gasteiger partial charge in [-0.1, -0.05) is 17.3 Å². The minimum atomic E-state index is -0.638. The molecule has 2 aromatic carbocycles. The minimum Gasteiger partial charge on any atom is -0.454 e. The van der Waals surface area contributed by atoms with E-state index < -0.39 is 10.7 Å². The molecule has 0 aliphatic carbocycles. The summed E-state index contributed by atoms with van der Waals surface area (Å²) in [6, 6.07) is 9.12. The van der Waals surface area contributed by atoms with E-state index >= 15 is 0 Å². The van der Waals surface area contributed by atoms with Gasteiger partial charge in [0.1, 0.15) is 5.75 Å². The third kappa shape index (κ3) is 3.06. The molecule has 0 aromatic heterocycles. The Hall–Kier alpha value is -3.16. The number of amidine groups is 1. The Morgan fingerprint density at radius 3 is 2.62 bits per heavy atom. The molecule has 2 aromatic rings. The molecule has 0 unspecified atom stereocenters. The predicted molar refractivity (Wildman–Crippen MR) is 72.1 cm³/mol. The Morgan fingerprint density at radius 2 is 2.00 bits per heavy atom. The van der Waals surface area contributed by atoms with Gasteiger partial charge in [0.15, 0.2) is 17.4 Å². The van der Waals surface area contributed by atoms with Crippen LogP contribution in [0.5, 0.6) is 11.5 Å². The number of nitrogens with two attached hydrogens (primary N) is 1. The SMILES string of the molecule is NC(=NO)c1cc([N+](=O)[O-])ccc1Oc1ccccc1F. The van der Waals surface area contributed by atoms with Crippen molar-refractivity contribution in [2.24, 2.45) is 10.9 Å². The van der Waals surface area contributed by atoms with Crippen molar-refractivity contribution in [3.05, 3.63) is 64.0 Å². The molecule has 108 valence electrons. The molecule has 0 fully saturated rings. The third-order valence-corrected chi connectivity index (χ3v) is 2.61. The van der Waals surface area contributed by atoms with Gasteiger partial charge in [-0.25, -0.2) is 4.39 Å². The first-order valence-electron chi connectivity index (χ1n) is 5.71. The standard InChI is InChI=1S/C13H10FN3O4/c14-10-3-1-2-4-12(10)21-11-6-5-8(17(19)20)7-9(11)13(15)16-18/h1-7,18H,(H2,15,16). The number of hydrogen-bond donors (Lipinski definition) is 2. The number of non-ortho nitro benzene ring substituents is 1. The molecule has 2 rings (SSSR count). The summed E-state index contributed by atoms with van der Waals surface area (Å²) in [5, 5.41) is 22.3. The summed E-state index contributed by atoms with van der Waals surface area (Å²) >= 11 is 0. The highest BCUT2D eigenvalue weighted by molar-refractivity contribution is 6.00. The van der Waals surface area contributed by atoms with Crippen LogP contribution in [0.15, 0.2) is 47.6 Å². The topological polar surface area (TPSA) is 111 Å². The fourth-order valence-electron chi connectivity index (χ4n) is 1.62. The van der Waals surface area contributed by atoms with Crippen molar-refractivity contribution in [3.8, 4) is 11.5 Å². The molecule has 8 heteroatoms. The molecule has 0 spiro atoms. The molecule has 0 heterocycles. The summed E-state index contributed by atoms with van der Waals surface area (Å²) in [7, 11) is 0. The van der Waals surface area contributed by atoms with Crippen LogP contribution in [0.4, 0.5) is 10.1 Å². The average Bonchev–Trinajstić information content (AvgIpc) is 2.49. The number of hydrogen-bond acceptors (Lipinski definition) is 5. The van der Waals surface area contributed by atoms with Crippen molar-refractivity contribution in [3.63, 3.8) is 0 Å². The van der Waals surface area contributed by atoms with Crippen LogP contribution in [0.25, 0.3) is 0 Å². The summed E-state index contributed by atoms with van der Waals surface area (Å²) in [6.45, 7) is 0.